The van der Waals surface area contributed by atoms with Crippen LogP contribution in [0, 0.1) is 0 Å². The first-order chi connectivity index (χ1) is 13.0. The zero-order valence-corrected chi connectivity index (χ0v) is 17.3. The molecule has 0 aromatic heterocycles. The molecule has 1 aliphatic heterocycles. The Morgan fingerprint density at radius 3 is 2.46 bits per heavy atom. The Bertz CT molecular complexity index is 831. The van der Waals surface area contributed by atoms with Crippen LogP contribution >= 0.6 is 24.2 Å². The monoisotopic (exact) mass is 422 g/mol. The van der Waals surface area contributed by atoms with Crippen LogP contribution in [-0.2, 0) is 14.3 Å². The second-order valence-electron chi connectivity index (χ2n) is 6.09. The Kier molecular flexibility index (Phi) is 7.74. The number of methoxy groups -OCH3 is 1. The number of carbonyl (C=O) groups excluding carboxylic acids is 2. The second-order valence-corrected chi connectivity index (χ2v) is 7.27. The highest BCUT2D eigenvalue weighted by Gasteiger charge is 2.40. The number of esters is 1. The number of para-hydroxylation sites is 1. The third-order valence-electron chi connectivity index (χ3n) is 4.28. The molecule has 1 amide bonds. The number of rotatable bonds is 5. The van der Waals surface area contributed by atoms with Crippen molar-refractivity contribution in [1.29, 1.82) is 0 Å². The summed E-state index contributed by atoms with van der Waals surface area (Å²) in [6.45, 7) is 1.97. The Morgan fingerprint density at radius 2 is 1.86 bits per heavy atom. The highest BCUT2D eigenvalue weighted by atomic mass is 35.5. The van der Waals surface area contributed by atoms with Crippen LogP contribution in [-0.4, -0.2) is 38.2 Å². The number of ether oxygens (including phenoxy) is 2. The molecule has 1 aliphatic rings. The lowest BCUT2D eigenvalue weighted by molar-refractivity contribution is -0.152. The van der Waals surface area contributed by atoms with Crippen molar-refractivity contribution in [2.24, 2.45) is 5.73 Å². The van der Waals surface area contributed by atoms with Crippen LogP contribution in [0.15, 0.2) is 53.4 Å². The van der Waals surface area contributed by atoms with Crippen LogP contribution in [0.1, 0.15) is 17.7 Å². The summed E-state index contributed by atoms with van der Waals surface area (Å²) in [5.41, 5.74) is 7.39. The fraction of sp³-hybridized carbons (Fsp3) is 0.300. The topological polar surface area (TPSA) is 81.9 Å². The van der Waals surface area contributed by atoms with Crippen molar-refractivity contribution in [3.63, 3.8) is 0 Å². The van der Waals surface area contributed by atoms with E-state index in [1.54, 1.807) is 12.0 Å². The quantitative estimate of drug-likeness (QED) is 0.745. The van der Waals surface area contributed by atoms with Gasteiger partial charge in [0.05, 0.1) is 18.0 Å². The van der Waals surface area contributed by atoms with Gasteiger partial charge in [0.15, 0.2) is 6.10 Å². The lowest BCUT2D eigenvalue weighted by atomic mass is 10.1. The van der Waals surface area contributed by atoms with Crippen LogP contribution in [0.4, 0.5) is 5.69 Å². The van der Waals surface area contributed by atoms with Gasteiger partial charge in [-0.3, -0.25) is 9.59 Å². The first-order valence-corrected chi connectivity index (χ1v) is 9.51. The van der Waals surface area contributed by atoms with Gasteiger partial charge in [0.1, 0.15) is 5.75 Å². The normalized spacial score (nSPS) is 18.5. The van der Waals surface area contributed by atoms with E-state index in [9.17, 15) is 9.59 Å². The van der Waals surface area contributed by atoms with Gasteiger partial charge in [0.25, 0.3) is 5.91 Å². The average Bonchev–Trinajstić information content (AvgIpc) is 2.78. The van der Waals surface area contributed by atoms with E-state index < -0.39 is 12.1 Å². The highest BCUT2D eigenvalue weighted by molar-refractivity contribution is 7.99. The number of nitrogens with zero attached hydrogens (tertiary/aromatic N) is 1. The molecule has 3 rings (SSSR count). The predicted octanol–water partition coefficient (Wildman–Crippen LogP) is 3.19. The maximum Gasteiger partial charge on any atom is 0.303 e. The first-order valence-electron chi connectivity index (χ1n) is 8.63. The maximum atomic E-state index is 13.3. The Morgan fingerprint density at radius 1 is 1.18 bits per heavy atom. The van der Waals surface area contributed by atoms with E-state index >= 15 is 0 Å². The van der Waals surface area contributed by atoms with Gasteiger partial charge >= 0.3 is 5.97 Å². The number of hydrogen-bond donors (Lipinski definition) is 1. The highest BCUT2D eigenvalue weighted by Crippen LogP contribution is 2.46. The van der Waals surface area contributed by atoms with E-state index in [-0.39, 0.29) is 23.6 Å². The number of amides is 1. The molecule has 2 aromatic rings. The van der Waals surface area contributed by atoms with Gasteiger partial charge < -0.3 is 20.1 Å². The van der Waals surface area contributed by atoms with E-state index in [1.165, 1.54) is 18.7 Å². The minimum Gasteiger partial charge on any atom is -0.497 e. The molecule has 150 valence electrons. The molecular formula is C20H23ClN2O4S. The van der Waals surface area contributed by atoms with E-state index in [0.29, 0.717) is 13.1 Å². The molecule has 2 atom stereocenters. The summed E-state index contributed by atoms with van der Waals surface area (Å²) < 4.78 is 10.7. The summed E-state index contributed by atoms with van der Waals surface area (Å²) in [5.74, 6) is -0.0436. The molecule has 2 N–H and O–H groups in total. The van der Waals surface area contributed by atoms with E-state index in [4.69, 9.17) is 15.2 Å². The van der Waals surface area contributed by atoms with Crippen LogP contribution in [0.5, 0.6) is 5.75 Å². The molecule has 0 saturated carbocycles. The molecule has 0 bridgehead atoms. The number of fused-ring (bicyclic) bond motifs is 1. The molecule has 28 heavy (non-hydrogen) atoms. The zero-order valence-electron chi connectivity index (χ0n) is 15.7. The van der Waals surface area contributed by atoms with E-state index in [1.807, 2.05) is 48.5 Å². The van der Waals surface area contributed by atoms with Gasteiger partial charge in [0.2, 0.25) is 0 Å². The molecule has 0 aliphatic carbocycles. The molecule has 8 heteroatoms. The van der Waals surface area contributed by atoms with Crippen molar-refractivity contribution < 1.29 is 19.1 Å². The number of thioether (sulfide) groups is 1. The van der Waals surface area contributed by atoms with Gasteiger partial charge in [-0.25, -0.2) is 0 Å². The van der Waals surface area contributed by atoms with Crippen LogP contribution < -0.4 is 15.4 Å². The summed E-state index contributed by atoms with van der Waals surface area (Å²) in [6, 6.07) is 15.1. The molecule has 2 unspecified atom stereocenters. The molecule has 1 heterocycles. The summed E-state index contributed by atoms with van der Waals surface area (Å²) in [7, 11) is 1.60. The van der Waals surface area contributed by atoms with Crippen molar-refractivity contribution in [2.45, 2.75) is 23.2 Å². The third-order valence-corrected chi connectivity index (χ3v) is 5.66. The summed E-state index contributed by atoms with van der Waals surface area (Å²) in [5, 5.41) is -0.378. The minimum absolute atomic E-state index is 0. The summed E-state index contributed by atoms with van der Waals surface area (Å²) in [4.78, 5) is 27.6. The smallest absolute Gasteiger partial charge is 0.303 e. The largest absolute Gasteiger partial charge is 0.497 e. The number of benzene rings is 2. The van der Waals surface area contributed by atoms with Crippen LogP contribution in [0.2, 0.25) is 0 Å². The molecule has 0 spiro atoms. The SMILES string of the molecule is COc1ccc(C2Sc3ccccc3N(CCN)C(=O)C2OC(C)=O)cc1.Cl. The minimum atomic E-state index is -0.945. The van der Waals surface area contributed by atoms with Gasteiger partial charge in [-0.15, -0.1) is 24.2 Å². The van der Waals surface area contributed by atoms with E-state index in [2.05, 4.69) is 0 Å². The summed E-state index contributed by atoms with van der Waals surface area (Å²) in [6.07, 6.45) is -0.945. The van der Waals surface area contributed by atoms with Crippen molar-refractivity contribution in [3.05, 3.63) is 54.1 Å². The number of nitrogens with two attached hydrogens (primary N) is 1. The number of hydrogen-bond acceptors (Lipinski definition) is 6. The third kappa shape index (κ3) is 4.60. The first kappa shape index (κ1) is 22.1. The fourth-order valence-electron chi connectivity index (χ4n) is 3.07. The number of anilines is 1. The average molecular weight is 423 g/mol. The van der Waals surface area contributed by atoms with Gasteiger partial charge in [0, 0.05) is 24.9 Å². The fourth-order valence-corrected chi connectivity index (χ4v) is 4.39. The number of carbonyl (C=O) groups is 2. The van der Waals surface area contributed by atoms with Gasteiger partial charge in [-0.1, -0.05) is 24.3 Å². The van der Waals surface area contributed by atoms with Crippen LogP contribution in [0.3, 0.4) is 0 Å². The molecular weight excluding hydrogens is 400 g/mol. The van der Waals surface area contributed by atoms with Crippen molar-refractivity contribution in [2.75, 3.05) is 25.1 Å². The van der Waals surface area contributed by atoms with Crippen LogP contribution in [0.25, 0.3) is 0 Å². The molecule has 6 nitrogen and oxygen atoms in total. The second kappa shape index (κ2) is 9.82. The standard InChI is InChI=1S/C20H22N2O4S.ClH/c1-13(23)26-18-19(14-7-9-15(25-2)10-8-14)27-17-6-4-3-5-16(17)22(12-11-21)20(18)24;/h3-10,18-19H,11-12,21H2,1-2H3;1H. The van der Waals surface area contributed by atoms with Gasteiger partial charge in [-0.05, 0) is 29.8 Å². The summed E-state index contributed by atoms with van der Waals surface area (Å²) >= 11 is 1.51. The molecule has 0 fully saturated rings. The van der Waals surface area contributed by atoms with E-state index in [0.717, 1.165) is 21.9 Å². The van der Waals surface area contributed by atoms with Crippen molar-refractivity contribution >= 4 is 41.7 Å². The Balaban J connectivity index is 0.00000280. The van der Waals surface area contributed by atoms with Crippen molar-refractivity contribution in [3.8, 4) is 5.75 Å². The maximum absolute atomic E-state index is 13.3. The van der Waals surface area contributed by atoms with Gasteiger partial charge in [-0.2, -0.15) is 0 Å². The zero-order chi connectivity index (χ0) is 19.4. The number of halogens is 1. The molecule has 0 radical (unpaired) electrons. The Hall–Kier alpha value is -2.22. The molecule has 2 aromatic carbocycles. The predicted molar refractivity (Wildman–Crippen MR) is 112 cm³/mol. The van der Waals surface area contributed by atoms with Crippen molar-refractivity contribution in [1.82, 2.24) is 0 Å². The lowest BCUT2D eigenvalue weighted by Gasteiger charge is -2.27. The molecule has 0 saturated heterocycles. The lowest BCUT2D eigenvalue weighted by Crippen LogP contribution is -2.44. The Labute approximate surface area is 174 Å².